The van der Waals surface area contributed by atoms with Crippen LogP contribution >= 0.6 is 0 Å². The van der Waals surface area contributed by atoms with Gasteiger partial charge in [-0.25, -0.2) is 5.48 Å². The highest BCUT2D eigenvalue weighted by Crippen LogP contribution is 2.23. The van der Waals surface area contributed by atoms with E-state index in [2.05, 4.69) is 44.2 Å². The number of hydrogen-bond acceptors (Lipinski definition) is 5. The monoisotopic (exact) mass is 511 g/mol. The minimum absolute atomic E-state index is 0.568. The van der Waals surface area contributed by atoms with Gasteiger partial charge in [-0.15, -0.1) is 6.58 Å². The molecule has 0 bridgehead atoms. The lowest BCUT2D eigenvalue weighted by Gasteiger charge is -2.03. The molecule has 0 aliphatic carbocycles. The van der Waals surface area contributed by atoms with Crippen molar-refractivity contribution in [3.63, 3.8) is 0 Å². The summed E-state index contributed by atoms with van der Waals surface area (Å²) in [6, 6.07) is 15.3. The van der Waals surface area contributed by atoms with E-state index in [0.29, 0.717) is 0 Å². The Hall–Kier alpha value is -3.64. The van der Waals surface area contributed by atoms with Crippen LogP contribution in [0.2, 0.25) is 0 Å². The molecule has 2 aromatic rings. The van der Waals surface area contributed by atoms with Crippen LogP contribution in [0.4, 0.5) is 11.4 Å². The van der Waals surface area contributed by atoms with Gasteiger partial charge in [0.05, 0.1) is 24.2 Å². The second-order valence-electron chi connectivity index (χ2n) is 7.01. The number of ether oxygens (including phenoxy) is 1. The minimum Gasteiger partial charge on any atom is -0.502 e. The molecular weight excluding hydrogens is 462 g/mol. The highest BCUT2D eigenvalue weighted by Gasteiger charge is 1.97. The van der Waals surface area contributed by atoms with Gasteiger partial charge >= 0.3 is 0 Å². The molecular formula is C31H49N3O3. The van der Waals surface area contributed by atoms with Crippen molar-refractivity contribution < 1.29 is 14.7 Å². The molecule has 0 atom stereocenters. The normalized spacial score (nSPS) is 9.11. The van der Waals surface area contributed by atoms with E-state index in [1.165, 1.54) is 12.5 Å². The van der Waals surface area contributed by atoms with Crippen LogP contribution in [0, 0.1) is 0 Å². The lowest BCUT2D eigenvalue weighted by atomic mass is 10.1. The molecule has 206 valence electrons. The summed E-state index contributed by atoms with van der Waals surface area (Å²) in [6.45, 7) is 19.4. The first-order valence-electron chi connectivity index (χ1n) is 12.7. The summed E-state index contributed by atoms with van der Waals surface area (Å²) in [5, 5.41) is 11.5. The summed E-state index contributed by atoms with van der Waals surface area (Å²) < 4.78 is 4.70. The van der Waals surface area contributed by atoms with E-state index in [9.17, 15) is 4.79 Å². The van der Waals surface area contributed by atoms with E-state index in [4.69, 9.17) is 9.94 Å². The number of amides is 1. The molecule has 3 N–H and O–H groups in total. The average molecular weight is 512 g/mol. The summed E-state index contributed by atoms with van der Waals surface area (Å²) in [5.74, 6) is 0.275. The van der Waals surface area contributed by atoms with Gasteiger partial charge in [0.1, 0.15) is 0 Å². The molecule has 0 saturated carbocycles. The van der Waals surface area contributed by atoms with Crippen molar-refractivity contribution in [2.24, 2.45) is 4.99 Å². The molecule has 0 aliphatic heterocycles. The van der Waals surface area contributed by atoms with Crippen LogP contribution in [0.1, 0.15) is 71.9 Å². The number of carbonyl (C=O) groups is 1. The van der Waals surface area contributed by atoms with Gasteiger partial charge in [-0.05, 0) is 41.8 Å². The van der Waals surface area contributed by atoms with Crippen LogP contribution in [0.15, 0.2) is 84.6 Å². The summed E-state index contributed by atoms with van der Waals surface area (Å²) in [6.07, 6.45) is 9.76. The van der Waals surface area contributed by atoms with Crippen molar-refractivity contribution in [3.8, 4) is 0 Å². The summed E-state index contributed by atoms with van der Waals surface area (Å²) in [7, 11) is 3.48. The van der Waals surface area contributed by atoms with Crippen LogP contribution < -0.4 is 10.8 Å². The molecule has 0 heterocycles. The van der Waals surface area contributed by atoms with Gasteiger partial charge in [-0.3, -0.25) is 15.0 Å². The Balaban J connectivity index is -0.000000637. The maximum atomic E-state index is 11.0. The second kappa shape index (κ2) is 28.6. The third-order valence-corrected chi connectivity index (χ3v) is 3.95. The first-order valence-corrected chi connectivity index (χ1v) is 12.7. The van der Waals surface area contributed by atoms with Gasteiger partial charge in [0.15, 0.2) is 0 Å². The maximum absolute atomic E-state index is 11.0. The van der Waals surface area contributed by atoms with Crippen molar-refractivity contribution in [3.05, 3.63) is 90.7 Å². The summed E-state index contributed by atoms with van der Waals surface area (Å²) in [4.78, 5) is 15.4. The van der Waals surface area contributed by atoms with Crippen molar-refractivity contribution in [1.82, 2.24) is 5.48 Å². The molecule has 0 radical (unpaired) electrons. The third-order valence-electron chi connectivity index (χ3n) is 3.95. The zero-order valence-corrected chi connectivity index (χ0v) is 24.2. The van der Waals surface area contributed by atoms with Crippen LogP contribution in [0.5, 0.6) is 0 Å². The largest absolute Gasteiger partial charge is 0.502 e. The van der Waals surface area contributed by atoms with Crippen molar-refractivity contribution in [1.29, 1.82) is 0 Å². The van der Waals surface area contributed by atoms with Crippen molar-refractivity contribution >= 4 is 29.6 Å². The number of rotatable bonds is 8. The number of methoxy groups -OCH3 is 1. The predicted molar refractivity (Wildman–Crippen MR) is 163 cm³/mol. The number of hydrogen-bond donors (Lipinski definition) is 3. The molecule has 6 heteroatoms. The molecule has 0 fully saturated rings. The fourth-order valence-electron chi connectivity index (χ4n) is 2.04. The Bertz CT molecular complexity index is 900. The molecule has 0 spiro atoms. The SMILES string of the molecule is C=C(CC)OC.C=CCC.CC.CCC.CNc1ccccc1N=Cc1cccc(/C=C/C(=O)NO)c1. The van der Waals surface area contributed by atoms with Gasteiger partial charge in [-0.1, -0.05) is 91.0 Å². The summed E-state index contributed by atoms with van der Waals surface area (Å²) >= 11 is 0. The molecule has 0 aliphatic rings. The molecule has 1 amide bonds. The van der Waals surface area contributed by atoms with E-state index < -0.39 is 5.91 Å². The zero-order valence-electron chi connectivity index (χ0n) is 24.2. The molecule has 2 rings (SSSR count). The number of aliphatic imine (C=N–C) groups is 1. The number of hydroxylamine groups is 1. The topological polar surface area (TPSA) is 83.0 Å². The first-order chi connectivity index (χ1) is 17.9. The number of carbonyl (C=O) groups excluding carboxylic acids is 1. The Morgan fingerprint density at radius 2 is 1.62 bits per heavy atom. The molecule has 6 nitrogen and oxygen atoms in total. The Morgan fingerprint density at radius 3 is 2.08 bits per heavy atom. The highest BCUT2D eigenvalue weighted by molar-refractivity contribution is 5.91. The quantitative estimate of drug-likeness (QED) is 0.0827. The van der Waals surface area contributed by atoms with E-state index in [1.807, 2.05) is 82.4 Å². The van der Waals surface area contributed by atoms with Crippen LogP contribution in [-0.4, -0.2) is 31.5 Å². The maximum Gasteiger partial charge on any atom is 0.267 e. The van der Waals surface area contributed by atoms with E-state index in [0.717, 1.165) is 41.1 Å². The van der Waals surface area contributed by atoms with Gasteiger partial charge in [0.25, 0.3) is 5.91 Å². The Kier molecular flexibility index (Phi) is 29.3. The number of benzene rings is 2. The van der Waals surface area contributed by atoms with Gasteiger partial charge < -0.3 is 10.1 Å². The molecule has 2 aromatic carbocycles. The number of anilines is 1. The lowest BCUT2D eigenvalue weighted by Crippen LogP contribution is -2.14. The predicted octanol–water partition coefficient (Wildman–Crippen LogP) is 8.58. The highest BCUT2D eigenvalue weighted by atomic mass is 16.5. The zero-order chi connectivity index (χ0) is 28.9. The van der Waals surface area contributed by atoms with E-state index in [1.54, 1.807) is 24.9 Å². The second-order valence-corrected chi connectivity index (χ2v) is 7.01. The van der Waals surface area contributed by atoms with Gasteiger partial charge in [-0.2, -0.15) is 0 Å². The number of para-hydroxylation sites is 2. The summed E-state index contributed by atoms with van der Waals surface area (Å²) in [5.41, 5.74) is 5.11. The molecule has 37 heavy (non-hydrogen) atoms. The first kappa shape index (κ1) is 37.9. The fraction of sp³-hybridized carbons (Fsp3) is 0.355. The number of allylic oxidation sites excluding steroid dienone is 2. The average Bonchev–Trinajstić information content (AvgIpc) is 2.96. The Morgan fingerprint density at radius 1 is 1.05 bits per heavy atom. The smallest absolute Gasteiger partial charge is 0.267 e. The minimum atomic E-state index is -0.568. The van der Waals surface area contributed by atoms with Crippen molar-refractivity contribution in [2.75, 3.05) is 19.5 Å². The molecule has 0 aromatic heterocycles. The van der Waals surface area contributed by atoms with Crippen LogP contribution in [0.25, 0.3) is 6.08 Å². The third kappa shape index (κ3) is 22.6. The van der Waals surface area contributed by atoms with Crippen molar-refractivity contribution in [2.45, 2.75) is 60.8 Å². The number of nitrogens with zero attached hydrogens (tertiary/aromatic N) is 1. The molecule has 0 unspecified atom stereocenters. The van der Waals surface area contributed by atoms with Crippen LogP contribution in [0.3, 0.4) is 0 Å². The number of nitrogens with one attached hydrogen (secondary N) is 2. The Labute approximate surface area is 225 Å². The standard InChI is InChI=1S/C17H17N3O2.C5H10O.C4H8.C3H8.C2H6/c1-18-15-7-2-3-8-16(15)19-12-14-6-4-5-13(11-14)9-10-17(21)20-22;1-4-5(2)6-3;1-3-4-2;1-3-2;1-2/h2-12,18,22H,1H3,(H,20,21);2,4H2,1,3H3;3H,1,4H2,2H3;3H2,1-2H3;1-2H3/b10-9+,19-12?;;;;. The van der Waals surface area contributed by atoms with Crippen LogP contribution in [-0.2, 0) is 9.53 Å². The fourth-order valence-corrected chi connectivity index (χ4v) is 2.04. The van der Waals surface area contributed by atoms with Gasteiger partial charge in [0.2, 0.25) is 0 Å². The van der Waals surface area contributed by atoms with E-state index >= 15 is 0 Å². The van der Waals surface area contributed by atoms with Gasteiger partial charge in [0, 0.05) is 25.8 Å². The lowest BCUT2D eigenvalue weighted by molar-refractivity contribution is -0.124. The van der Waals surface area contributed by atoms with E-state index in [-0.39, 0.29) is 0 Å². The molecule has 0 saturated heterocycles.